The van der Waals surface area contributed by atoms with E-state index in [0.717, 1.165) is 36.7 Å². The van der Waals surface area contributed by atoms with Crippen LogP contribution in [-0.4, -0.2) is 34.8 Å². The first kappa shape index (κ1) is 15.0. The third-order valence-corrected chi connectivity index (χ3v) is 3.50. The summed E-state index contributed by atoms with van der Waals surface area (Å²) >= 11 is 3.39. The van der Waals surface area contributed by atoms with Gasteiger partial charge in [-0.3, -0.25) is 4.79 Å². The molecule has 0 aliphatic heterocycles. The van der Waals surface area contributed by atoms with Gasteiger partial charge in [-0.15, -0.1) is 0 Å². The number of halogens is 1. The van der Waals surface area contributed by atoms with Crippen LogP contribution in [0, 0.1) is 6.92 Å². The molecule has 0 saturated heterocycles. The number of benzene rings is 1. The zero-order valence-corrected chi connectivity index (χ0v) is 12.5. The van der Waals surface area contributed by atoms with Crippen molar-refractivity contribution in [1.82, 2.24) is 4.90 Å². The zero-order valence-electron chi connectivity index (χ0n) is 10.9. The number of carbonyl (C=O) groups is 1. The minimum atomic E-state index is -0.116. The Morgan fingerprint density at radius 3 is 2.72 bits per heavy atom. The van der Waals surface area contributed by atoms with E-state index in [9.17, 15) is 9.90 Å². The molecule has 1 rings (SSSR count). The average molecular weight is 314 g/mol. The predicted molar refractivity (Wildman–Crippen MR) is 77.4 cm³/mol. The number of phenols is 1. The highest BCUT2D eigenvalue weighted by Gasteiger charge is 2.16. The highest BCUT2D eigenvalue weighted by molar-refractivity contribution is 9.09. The Bertz CT molecular complexity index is 407. The first-order valence-electron chi connectivity index (χ1n) is 6.18. The van der Waals surface area contributed by atoms with E-state index in [2.05, 4.69) is 15.9 Å². The molecule has 0 atom stereocenters. The first-order valence-corrected chi connectivity index (χ1v) is 7.30. The van der Waals surface area contributed by atoms with Crippen LogP contribution >= 0.6 is 15.9 Å². The zero-order chi connectivity index (χ0) is 13.5. The molecule has 0 aliphatic carbocycles. The van der Waals surface area contributed by atoms with E-state index in [1.807, 2.05) is 0 Å². The van der Waals surface area contributed by atoms with Gasteiger partial charge in [-0.05, 0) is 31.4 Å². The maximum Gasteiger partial charge on any atom is 0.257 e. The predicted octanol–water partition coefficient (Wildman–Crippen LogP) is 3.34. The van der Waals surface area contributed by atoms with Crippen LogP contribution in [0.4, 0.5) is 0 Å². The van der Waals surface area contributed by atoms with E-state index in [1.54, 1.807) is 37.1 Å². The van der Waals surface area contributed by atoms with Crippen LogP contribution in [-0.2, 0) is 0 Å². The van der Waals surface area contributed by atoms with E-state index in [-0.39, 0.29) is 11.7 Å². The smallest absolute Gasteiger partial charge is 0.257 e. The molecule has 0 saturated carbocycles. The van der Waals surface area contributed by atoms with Crippen molar-refractivity contribution in [3.05, 3.63) is 29.3 Å². The summed E-state index contributed by atoms with van der Waals surface area (Å²) in [7, 11) is 1.78. The number of unbranched alkanes of at least 4 members (excludes halogenated alkanes) is 2. The molecule has 1 amide bonds. The summed E-state index contributed by atoms with van der Waals surface area (Å²) in [5.41, 5.74) is 1.12. The molecule has 0 unspecified atom stereocenters. The summed E-state index contributed by atoms with van der Waals surface area (Å²) in [6.07, 6.45) is 3.21. The van der Waals surface area contributed by atoms with Crippen LogP contribution < -0.4 is 0 Å². The summed E-state index contributed by atoms with van der Waals surface area (Å²) in [5, 5.41) is 10.9. The lowest BCUT2D eigenvalue weighted by atomic mass is 10.1. The standard InChI is InChI=1S/C14H20BrNO2/c1-11-7-6-8-12(13(11)17)14(18)16(2)10-5-3-4-9-15/h6-8,17H,3-5,9-10H2,1-2H3. The lowest BCUT2D eigenvalue weighted by Gasteiger charge is -2.18. The van der Waals surface area contributed by atoms with Crippen molar-refractivity contribution >= 4 is 21.8 Å². The molecular formula is C14H20BrNO2. The van der Waals surface area contributed by atoms with Crippen LogP contribution in [0.1, 0.15) is 35.2 Å². The van der Waals surface area contributed by atoms with Crippen molar-refractivity contribution in [1.29, 1.82) is 0 Å². The second kappa shape index (κ2) is 7.41. The van der Waals surface area contributed by atoms with E-state index < -0.39 is 0 Å². The van der Waals surface area contributed by atoms with E-state index in [4.69, 9.17) is 0 Å². The molecule has 0 spiro atoms. The number of hydrogen-bond acceptors (Lipinski definition) is 2. The molecule has 1 aromatic carbocycles. The van der Waals surface area contributed by atoms with Gasteiger partial charge in [-0.25, -0.2) is 0 Å². The molecule has 1 aromatic rings. The van der Waals surface area contributed by atoms with Gasteiger partial charge in [0.05, 0.1) is 5.56 Å². The molecule has 1 N–H and O–H groups in total. The van der Waals surface area contributed by atoms with Crippen LogP contribution in [0.25, 0.3) is 0 Å². The number of para-hydroxylation sites is 1. The van der Waals surface area contributed by atoms with Crippen molar-refractivity contribution < 1.29 is 9.90 Å². The lowest BCUT2D eigenvalue weighted by molar-refractivity contribution is 0.0789. The number of amides is 1. The monoisotopic (exact) mass is 313 g/mol. The highest BCUT2D eigenvalue weighted by atomic mass is 79.9. The molecule has 0 aromatic heterocycles. The number of rotatable bonds is 6. The van der Waals surface area contributed by atoms with Crippen molar-refractivity contribution in [3.8, 4) is 5.75 Å². The average Bonchev–Trinajstić information content (AvgIpc) is 2.37. The molecule has 0 heterocycles. The van der Waals surface area contributed by atoms with Crippen molar-refractivity contribution in [2.45, 2.75) is 26.2 Å². The summed E-state index contributed by atoms with van der Waals surface area (Å²) in [5.74, 6) is -0.0233. The van der Waals surface area contributed by atoms with Gasteiger partial charge in [0.2, 0.25) is 0 Å². The molecule has 0 bridgehead atoms. The quantitative estimate of drug-likeness (QED) is 0.646. The topological polar surface area (TPSA) is 40.5 Å². The van der Waals surface area contributed by atoms with Gasteiger partial charge >= 0.3 is 0 Å². The Labute approximate surface area is 117 Å². The Kier molecular flexibility index (Phi) is 6.19. The van der Waals surface area contributed by atoms with E-state index in [1.165, 1.54) is 0 Å². The second-order valence-corrected chi connectivity index (χ2v) is 5.24. The fraction of sp³-hybridized carbons (Fsp3) is 0.500. The van der Waals surface area contributed by atoms with Crippen LogP contribution in [0.2, 0.25) is 0 Å². The molecule has 0 radical (unpaired) electrons. The fourth-order valence-electron chi connectivity index (χ4n) is 1.76. The minimum Gasteiger partial charge on any atom is -0.507 e. The Balaban J connectivity index is 2.60. The van der Waals surface area contributed by atoms with Gasteiger partial charge in [-0.2, -0.15) is 0 Å². The third kappa shape index (κ3) is 4.02. The largest absolute Gasteiger partial charge is 0.507 e. The minimum absolute atomic E-state index is 0.0924. The third-order valence-electron chi connectivity index (χ3n) is 2.94. The number of phenolic OH excluding ortho intramolecular Hbond substituents is 1. The van der Waals surface area contributed by atoms with Gasteiger partial charge in [0, 0.05) is 18.9 Å². The summed E-state index contributed by atoms with van der Waals surface area (Å²) < 4.78 is 0. The number of alkyl halides is 1. The van der Waals surface area contributed by atoms with E-state index >= 15 is 0 Å². The number of carbonyl (C=O) groups excluding carboxylic acids is 1. The highest BCUT2D eigenvalue weighted by Crippen LogP contribution is 2.22. The van der Waals surface area contributed by atoms with Gasteiger partial charge in [0.15, 0.2) is 0 Å². The second-order valence-electron chi connectivity index (χ2n) is 4.45. The van der Waals surface area contributed by atoms with Crippen molar-refractivity contribution in [3.63, 3.8) is 0 Å². The molecule has 18 heavy (non-hydrogen) atoms. The normalized spacial score (nSPS) is 10.4. The maximum atomic E-state index is 12.1. The molecule has 4 heteroatoms. The first-order chi connectivity index (χ1) is 8.57. The molecule has 0 aliphatic rings. The van der Waals surface area contributed by atoms with Gasteiger partial charge in [0.25, 0.3) is 5.91 Å². The van der Waals surface area contributed by atoms with Gasteiger partial charge in [0.1, 0.15) is 5.75 Å². The van der Waals surface area contributed by atoms with Crippen LogP contribution in [0.3, 0.4) is 0 Å². The summed E-state index contributed by atoms with van der Waals surface area (Å²) in [6.45, 7) is 2.52. The Morgan fingerprint density at radius 2 is 2.06 bits per heavy atom. The number of aryl methyl sites for hydroxylation is 1. The fourth-order valence-corrected chi connectivity index (χ4v) is 2.16. The number of hydrogen-bond donors (Lipinski definition) is 1. The number of nitrogens with zero attached hydrogens (tertiary/aromatic N) is 1. The maximum absolute atomic E-state index is 12.1. The Morgan fingerprint density at radius 1 is 1.33 bits per heavy atom. The van der Waals surface area contributed by atoms with E-state index in [0.29, 0.717) is 5.56 Å². The summed E-state index contributed by atoms with van der Waals surface area (Å²) in [6, 6.07) is 5.25. The molecule has 100 valence electrons. The molecule has 0 fully saturated rings. The van der Waals surface area contributed by atoms with Crippen LogP contribution in [0.5, 0.6) is 5.75 Å². The van der Waals surface area contributed by atoms with Gasteiger partial charge in [-0.1, -0.05) is 34.5 Å². The summed E-state index contributed by atoms with van der Waals surface area (Å²) in [4.78, 5) is 13.8. The van der Waals surface area contributed by atoms with Crippen molar-refractivity contribution in [2.24, 2.45) is 0 Å². The van der Waals surface area contributed by atoms with Crippen LogP contribution in [0.15, 0.2) is 18.2 Å². The van der Waals surface area contributed by atoms with Gasteiger partial charge < -0.3 is 10.0 Å². The SMILES string of the molecule is Cc1cccc(C(=O)N(C)CCCCCBr)c1O. The molecular weight excluding hydrogens is 294 g/mol. The molecule has 3 nitrogen and oxygen atoms in total. The van der Waals surface area contributed by atoms with Crippen molar-refractivity contribution in [2.75, 3.05) is 18.9 Å². The number of aromatic hydroxyl groups is 1. The Hall–Kier alpha value is -1.03. The lowest BCUT2D eigenvalue weighted by Crippen LogP contribution is -2.27.